The first-order valence-corrected chi connectivity index (χ1v) is 4.12. The van der Waals surface area contributed by atoms with Crippen LogP contribution >= 0.6 is 0 Å². The highest BCUT2D eigenvalue weighted by atomic mass is 16.4. The van der Waals surface area contributed by atoms with Gasteiger partial charge in [0.2, 0.25) is 5.89 Å². The van der Waals surface area contributed by atoms with E-state index in [0.29, 0.717) is 17.5 Å². The minimum atomic E-state index is 0.281. The third kappa shape index (κ3) is 1.47. The molecule has 0 saturated heterocycles. The van der Waals surface area contributed by atoms with Gasteiger partial charge < -0.3 is 8.83 Å². The molecule has 2 aromatic heterocycles. The van der Waals surface area contributed by atoms with Gasteiger partial charge in [0.15, 0.2) is 11.6 Å². The number of aromatic nitrogens is 2. The van der Waals surface area contributed by atoms with Crippen molar-refractivity contribution < 1.29 is 8.83 Å². The van der Waals surface area contributed by atoms with Crippen LogP contribution in [-0.4, -0.2) is 9.97 Å². The molecule has 0 radical (unpaired) electrons. The van der Waals surface area contributed by atoms with Crippen molar-refractivity contribution >= 4 is 0 Å². The molecule has 0 atom stereocenters. The Morgan fingerprint density at radius 3 is 2.69 bits per heavy atom. The average Bonchev–Trinajstić information content (AvgIpc) is 2.75. The molecule has 0 aliphatic rings. The van der Waals surface area contributed by atoms with Crippen LogP contribution in [0.15, 0.2) is 27.6 Å². The van der Waals surface area contributed by atoms with Gasteiger partial charge in [-0.2, -0.15) is 0 Å². The second-order valence-corrected chi connectivity index (χ2v) is 3.06. The second kappa shape index (κ2) is 3.05. The molecule has 0 spiro atoms. The Labute approximate surface area is 75.6 Å². The first-order valence-electron chi connectivity index (χ1n) is 4.12. The maximum Gasteiger partial charge on any atom is 0.248 e. The Kier molecular flexibility index (Phi) is 1.88. The summed E-state index contributed by atoms with van der Waals surface area (Å²) in [5.41, 5.74) is 0.647. The molecule has 0 saturated carbocycles. The van der Waals surface area contributed by atoms with E-state index in [-0.39, 0.29) is 5.92 Å². The molecule has 0 unspecified atom stereocenters. The smallest absolute Gasteiger partial charge is 0.248 e. The Bertz CT molecular complexity index is 376. The summed E-state index contributed by atoms with van der Waals surface area (Å²) in [6, 6.07) is 0. The van der Waals surface area contributed by atoms with Gasteiger partial charge in [0, 0.05) is 5.92 Å². The van der Waals surface area contributed by atoms with Gasteiger partial charge in [0.25, 0.3) is 0 Å². The number of rotatable bonds is 2. The Hall–Kier alpha value is -1.58. The summed E-state index contributed by atoms with van der Waals surface area (Å²) in [5.74, 6) is 1.48. The van der Waals surface area contributed by atoms with Gasteiger partial charge in [-0.05, 0) is 0 Å². The Balaban J connectivity index is 2.33. The molecule has 13 heavy (non-hydrogen) atoms. The lowest BCUT2D eigenvalue weighted by molar-refractivity contribution is 0.471. The van der Waals surface area contributed by atoms with Crippen molar-refractivity contribution in [2.75, 3.05) is 0 Å². The third-order valence-corrected chi connectivity index (χ3v) is 1.67. The van der Waals surface area contributed by atoms with E-state index in [1.54, 1.807) is 12.5 Å². The monoisotopic (exact) mass is 178 g/mol. The molecule has 4 heteroatoms. The first kappa shape index (κ1) is 8.04. The van der Waals surface area contributed by atoms with Crippen LogP contribution in [0.1, 0.15) is 25.7 Å². The molecule has 0 N–H and O–H groups in total. The highest BCUT2D eigenvalue weighted by Gasteiger charge is 2.11. The second-order valence-electron chi connectivity index (χ2n) is 3.06. The van der Waals surface area contributed by atoms with E-state index < -0.39 is 0 Å². The zero-order chi connectivity index (χ0) is 9.26. The molecular formula is C9H10N2O2. The predicted molar refractivity (Wildman–Crippen MR) is 46.1 cm³/mol. The molecule has 0 aliphatic heterocycles. The molecule has 4 nitrogen and oxygen atoms in total. The Morgan fingerprint density at radius 1 is 1.31 bits per heavy atom. The van der Waals surface area contributed by atoms with Crippen LogP contribution in [0.25, 0.3) is 11.6 Å². The van der Waals surface area contributed by atoms with E-state index in [1.165, 1.54) is 6.26 Å². The van der Waals surface area contributed by atoms with Crippen LogP contribution in [-0.2, 0) is 0 Å². The summed E-state index contributed by atoms with van der Waals surface area (Å²) in [5, 5.41) is 0. The molecule has 0 fully saturated rings. The van der Waals surface area contributed by atoms with Crippen molar-refractivity contribution in [3.8, 4) is 11.6 Å². The molecule has 0 amide bonds. The van der Waals surface area contributed by atoms with Gasteiger partial charge in [-0.1, -0.05) is 13.8 Å². The van der Waals surface area contributed by atoms with E-state index in [1.807, 2.05) is 13.8 Å². The molecule has 0 aromatic carbocycles. The van der Waals surface area contributed by atoms with Crippen LogP contribution in [0.5, 0.6) is 0 Å². The van der Waals surface area contributed by atoms with E-state index in [2.05, 4.69) is 9.97 Å². The van der Waals surface area contributed by atoms with Gasteiger partial charge in [0.05, 0.1) is 6.20 Å². The van der Waals surface area contributed by atoms with Gasteiger partial charge in [-0.15, -0.1) is 0 Å². The highest BCUT2D eigenvalue weighted by Crippen LogP contribution is 2.20. The van der Waals surface area contributed by atoms with Gasteiger partial charge in [0.1, 0.15) is 12.5 Å². The summed E-state index contributed by atoms with van der Waals surface area (Å²) < 4.78 is 10.3. The number of oxazole rings is 2. The minimum Gasteiger partial charge on any atom is -0.448 e. The fraction of sp³-hybridized carbons (Fsp3) is 0.333. The molecular weight excluding hydrogens is 168 g/mol. The van der Waals surface area contributed by atoms with E-state index in [9.17, 15) is 0 Å². The summed E-state index contributed by atoms with van der Waals surface area (Å²) in [6.07, 6.45) is 4.65. The molecule has 0 aliphatic carbocycles. The summed E-state index contributed by atoms with van der Waals surface area (Å²) in [7, 11) is 0. The maximum absolute atomic E-state index is 5.24. The highest BCUT2D eigenvalue weighted by molar-refractivity contribution is 5.43. The van der Waals surface area contributed by atoms with Gasteiger partial charge >= 0.3 is 0 Å². The fourth-order valence-electron chi connectivity index (χ4n) is 1.00. The lowest BCUT2D eigenvalue weighted by Crippen LogP contribution is -1.86. The largest absolute Gasteiger partial charge is 0.448 e. The topological polar surface area (TPSA) is 52.1 Å². The van der Waals surface area contributed by atoms with E-state index in [4.69, 9.17) is 8.83 Å². The zero-order valence-corrected chi connectivity index (χ0v) is 7.52. The minimum absolute atomic E-state index is 0.281. The Morgan fingerprint density at radius 2 is 2.15 bits per heavy atom. The van der Waals surface area contributed by atoms with Crippen LogP contribution in [0.3, 0.4) is 0 Å². The van der Waals surface area contributed by atoms with Crippen molar-refractivity contribution in [2.45, 2.75) is 19.8 Å². The third-order valence-electron chi connectivity index (χ3n) is 1.67. The van der Waals surface area contributed by atoms with Crippen molar-refractivity contribution in [2.24, 2.45) is 0 Å². The van der Waals surface area contributed by atoms with Gasteiger partial charge in [-0.3, -0.25) is 0 Å². The summed E-state index contributed by atoms with van der Waals surface area (Å²) in [4.78, 5) is 8.20. The number of nitrogens with zero attached hydrogens (tertiary/aromatic N) is 2. The van der Waals surface area contributed by atoms with Gasteiger partial charge in [-0.25, -0.2) is 9.97 Å². The van der Waals surface area contributed by atoms with Crippen molar-refractivity contribution in [3.05, 3.63) is 24.6 Å². The molecule has 2 rings (SSSR count). The fourth-order valence-corrected chi connectivity index (χ4v) is 1.00. The van der Waals surface area contributed by atoms with Crippen LogP contribution in [0.4, 0.5) is 0 Å². The first-order chi connectivity index (χ1) is 6.27. The van der Waals surface area contributed by atoms with E-state index in [0.717, 1.165) is 0 Å². The van der Waals surface area contributed by atoms with Crippen molar-refractivity contribution in [1.82, 2.24) is 9.97 Å². The predicted octanol–water partition coefficient (Wildman–Crippen LogP) is 2.45. The van der Waals surface area contributed by atoms with Crippen LogP contribution < -0.4 is 0 Å². The molecule has 2 heterocycles. The lowest BCUT2D eigenvalue weighted by atomic mass is 10.2. The van der Waals surface area contributed by atoms with Crippen molar-refractivity contribution in [3.63, 3.8) is 0 Å². The number of hydrogen-bond donors (Lipinski definition) is 0. The standard InChI is InChI=1S/C9H10N2O2/c1-6(2)8-11-7(5-13-8)9-10-3-4-12-9/h3-6H,1-2H3. The summed E-state index contributed by atoms with van der Waals surface area (Å²) in [6.45, 7) is 4.04. The molecule has 0 bridgehead atoms. The lowest BCUT2D eigenvalue weighted by Gasteiger charge is -1.93. The zero-order valence-electron chi connectivity index (χ0n) is 7.52. The van der Waals surface area contributed by atoms with Crippen molar-refractivity contribution in [1.29, 1.82) is 0 Å². The molecule has 2 aromatic rings. The number of hydrogen-bond acceptors (Lipinski definition) is 4. The SMILES string of the molecule is CC(C)c1nc(-c2ncco2)co1. The average molecular weight is 178 g/mol. The normalized spacial score (nSPS) is 11.0. The quantitative estimate of drug-likeness (QED) is 0.708. The maximum atomic E-state index is 5.24. The van der Waals surface area contributed by atoms with E-state index >= 15 is 0 Å². The van der Waals surface area contributed by atoms with Crippen LogP contribution in [0, 0.1) is 0 Å². The van der Waals surface area contributed by atoms with Crippen LogP contribution in [0.2, 0.25) is 0 Å². The summed E-state index contributed by atoms with van der Waals surface area (Å²) >= 11 is 0. The molecule has 68 valence electrons.